The fourth-order valence-corrected chi connectivity index (χ4v) is 3.21. The summed E-state index contributed by atoms with van der Waals surface area (Å²) in [5, 5.41) is 2.49. The van der Waals surface area contributed by atoms with Crippen LogP contribution in [0.5, 0.6) is 0 Å². The zero-order valence-corrected chi connectivity index (χ0v) is 17.3. The van der Waals surface area contributed by atoms with Gasteiger partial charge in [0.15, 0.2) is 0 Å². The van der Waals surface area contributed by atoms with Crippen LogP contribution < -0.4 is 5.73 Å². The highest BCUT2D eigenvalue weighted by molar-refractivity contribution is 5.91. The number of rotatable bonds is 7. The molecule has 2 aromatic carbocycles. The van der Waals surface area contributed by atoms with Crippen molar-refractivity contribution < 1.29 is 0 Å². The summed E-state index contributed by atoms with van der Waals surface area (Å²) in [5.74, 6) is 0. The van der Waals surface area contributed by atoms with Crippen molar-refractivity contribution in [2.75, 3.05) is 0 Å². The number of fused-ring (bicyclic) bond motifs is 1. The minimum Gasteiger partial charge on any atom is -0.398 e. The van der Waals surface area contributed by atoms with Crippen LogP contribution in [0.25, 0.3) is 16.3 Å². The normalized spacial score (nSPS) is 14.5. The Labute approximate surface area is 164 Å². The van der Waals surface area contributed by atoms with Crippen LogP contribution in [0.2, 0.25) is 0 Å². The molecule has 2 nitrogen and oxygen atoms in total. The molecule has 0 aliphatic carbocycles. The molecule has 2 N–H and O–H groups in total. The Balaban J connectivity index is 2.75. The standard InChI is InChI=1S/C25H32N2/c1-6-9-14-23(22-16-15-20-12-10-11-13-21(20)17-22)24(19(5)27-8-3)25(26)18(4)7-2/h8,10-17H,6-7,9,26H2,1-5H3/b23-14-,24-19-,25-18-,27-8?. The van der Waals surface area contributed by atoms with Crippen LogP contribution in [0.1, 0.15) is 59.4 Å². The third-order valence-electron chi connectivity index (χ3n) is 4.91. The Morgan fingerprint density at radius 2 is 1.74 bits per heavy atom. The van der Waals surface area contributed by atoms with Gasteiger partial charge in [0, 0.05) is 23.2 Å². The second kappa shape index (κ2) is 9.91. The van der Waals surface area contributed by atoms with Gasteiger partial charge in [-0.1, -0.05) is 62.7 Å². The Morgan fingerprint density at radius 3 is 2.37 bits per heavy atom. The van der Waals surface area contributed by atoms with Gasteiger partial charge in [-0.15, -0.1) is 0 Å². The van der Waals surface area contributed by atoms with E-state index in [1.807, 2.05) is 20.1 Å². The molecule has 142 valence electrons. The lowest BCUT2D eigenvalue weighted by atomic mass is 9.90. The van der Waals surface area contributed by atoms with E-state index in [-0.39, 0.29) is 0 Å². The number of hydrogen-bond acceptors (Lipinski definition) is 2. The molecule has 0 aliphatic rings. The first-order valence-electron chi connectivity index (χ1n) is 9.88. The number of aliphatic imine (C=N–C) groups is 1. The van der Waals surface area contributed by atoms with Crippen LogP contribution in [0, 0.1) is 0 Å². The lowest BCUT2D eigenvalue weighted by molar-refractivity contribution is 0.958. The van der Waals surface area contributed by atoms with Crippen LogP contribution in [-0.2, 0) is 0 Å². The zero-order chi connectivity index (χ0) is 19.8. The highest BCUT2D eigenvalue weighted by atomic mass is 14.7. The molecule has 0 spiro atoms. The lowest BCUT2D eigenvalue weighted by Gasteiger charge is -2.18. The molecule has 2 aromatic rings. The molecule has 0 unspecified atom stereocenters. The van der Waals surface area contributed by atoms with Crippen molar-refractivity contribution in [3.8, 4) is 0 Å². The summed E-state index contributed by atoms with van der Waals surface area (Å²) >= 11 is 0. The van der Waals surface area contributed by atoms with Crippen molar-refractivity contribution in [2.45, 2.75) is 53.9 Å². The zero-order valence-electron chi connectivity index (χ0n) is 17.3. The molecule has 0 heterocycles. The van der Waals surface area contributed by atoms with Gasteiger partial charge in [0.05, 0.1) is 0 Å². The van der Waals surface area contributed by atoms with E-state index in [1.165, 1.54) is 27.5 Å². The number of nitrogens with two attached hydrogens (primary N) is 1. The van der Waals surface area contributed by atoms with E-state index < -0.39 is 0 Å². The first kappa shape index (κ1) is 20.7. The predicted molar refractivity (Wildman–Crippen MR) is 121 cm³/mol. The predicted octanol–water partition coefficient (Wildman–Crippen LogP) is 7.03. The molecule has 0 amide bonds. The van der Waals surface area contributed by atoms with Gasteiger partial charge in [-0.2, -0.15) is 0 Å². The number of unbranched alkanes of at least 4 members (excludes halogenated alkanes) is 1. The molecule has 2 rings (SSSR count). The third kappa shape index (κ3) is 4.97. The fourth-order valence-electron chi connectivity index (χ4n) is 3.21. The van der Waals surface area contributed by atoms with E-state index in [1.54, 1.807) is 0 Å². The Hall–Kier alpha value is -2.61. The molecule has 0 saturated carbocycles. The number of hydrogen-bond donors (Lipinski definition) is 1. The average Bonchev–Trinajstić information content (AvgIpc) is 2.69. The van der Waals surface area contributed by atoms with Gasteiger partial charge >= 0.3 is 0 Å². The fraction of sp³-hybridized carbons (Fsp3) is 0.320. The van der Waals surface area contributed by atoms with Crippen molar-refractivity contribution in [1.82, 2.24) is 0 Å². The lowest BCUT2D eigenvalue weighted by Crippen LogP contribution is -2.08. The summed E-state index contributed by atoms with van der Waals surface area (Å²) in [6.45, 7) is 10.4. The quantitative estimate of drug-likeness (QED) is 0.418. The Kier molecular flexibility index (Phi) is 7.60. The maximum Gasteiger partial charge on any atom is 0.0467 e. The second-order valence-electron chi connectivity index (χ2n) is 6.86. The van der Waals surface area contributed by atoms with Gasteiger partial charge in [-0.25, -0.2) is 0 Å². The monoisotopic (exact) mass is 360 g/mol. The van der Waals surface area contributed by atoms with Crippen LogP contribution in [0.3, 0.4) is 0 Å². The molecule has 27 heavy (non-hydrogen) atoms. The highest BCUT2D eigenvalue weighted by Gasteiger charge is 2.16. The molecular formula is C25H32N2. The summed E-state index contributed by atoms with van der Waals surface area (Å²) in [4.78, 5) is 4.58. The molecule has 0 radical (unpaired) electrons. The minimum atomic E-state index is 0.844. The van der Waals surface area contributed by atoms with Gasteiger partial charge in [-0.05, 0) is 67.2 Å². The van der Waals surface area contributed by atoms with Crippen molar-refractivity contribution in [3.63, 3.8) is 0 Å². The maximum atomic E-state index is 6.63. The molecule has 0 bridgehead atoms. The molecular weight excluding hydrogens is 328 g/mol. The van der Waals surface area contributed by atoms with E-state index >= 15 is 0 Å². The third-order valence-corrected chi connectivity index (χ3v) is 4.91. The van der Waals surface area contributed by atoms with Crippen molar-refractivity contribution in [3.05, 3.63) is 76.6 Å². The highest BCUT2D eigenvalue weighted by Crippen LogP contribution is 2.33. The number of nitrogens with zero attached hydrogens (tertiary/aromatic N) is 1. The molecule has 0 atom stereocenters. The van der Waals surface area contributed by atoms with Crippen LogP contribution >= 0.6 is 0 Å². The molecule has 2 heteroatoms. The van der Waals surface area contributed by atoms with Crippen LogP contribution in [-0.4, -0.2) is 6.21 Å². The van der Waals surface area contributed by atoms with Gasteiger partial charge in [0.25, 0.3) is 0 Å². The summed E-state index contributed by atoms with van der Waals surface area (Å²) < 4.78 is 0. The Bertz CT molecular complexity index is 911. The first-order valence-corrected chi connectivity index (χ1v) is 9.88. The van der Waals surface area contributed by atoms with Crippen molar-refractivity contribution in [1.29, 1.82) is 0 Å². The maximum absolute atomic E-state index is 6.63. The van der Waals surface area contributed by atoms with E-state index in [9.17, 15) is 0 Å². The SMILES string of the molecule is CC=N/C(C)=C(C(=C\CCC)/c1ccc2ccccc2c1)\C(N)=C(/C)CC. The van der Waals surface area contributed by atoms with E-state index in [2.05, 4.69) is 74.3 Å². The summed E-state index contributed by atoms with van der Waals surface area (Å²) in [7, 11) is 0. The van der Waals surface area contributed by atoms with E-state index in [4.69, 9.17) is 5.73 Å². The summed E-state index contributed by atoms with van der Waals surface area (Å²) in [6, 6.07) is 15.1. The molecule has 0 fully saturated rings. The van der Waals surface area contributed by atoms with Gasteiger partial charge in [0.1, 0.15) is 0 Å². The minimum absolute atomic E-state index is 0.844. The van der Waals surface area contributed by atoms with E-state index in [0.29, 0.717) is 0 Å². The molecule has 0 aromatic heterocycles. The van der Waals surface area contributed by atoms with Gasteiger partial charge in [0.2, 0.25) is 0 Å². The van der Waals surface area contributed by atoms with Crippen LogP contribution in [0.4, 0.5) is 0 Å². The average molecular weight is 361 g/mol. The number of allylic oxidation sites excluding steroid dienone is 4. The topological polar surface area (TPSA) is 38.4 Å². The smallest absolute Gasteiger partial charge is 0.0467 e. The first-order chi connectivity index (χ1) is 13.0. The molecule has 0 saturated heterocycles. The van der Waals surface area contributed by atoms with Gasteiger partial charge < -0.3 is 5.73 Å². The van der Waals surface area contributed by atoms with E-state index in [0.717, 1.165) is 36.2 Å². The Morgan fingerprint density at radius 1 is 1.04 bits per heavy atom. The second-order valence-corrected chi connectivity index (χ2v) is 6.86. The van der Waals surface area contributed by atoms with Gasteiger partial charge in [-0.3, -0.25) is 4.99 Å². The summed E-state index contributed by atoms with van der Waals surface area (Å²) in [6.07, 6.45) is 7.17. The van der Waals surface area contributed by atoms with Crippen molar-refractivity contribution >= 4 is 22.6 Å². The molecule has 0 aliphatic heterocycles. The summed E-state index contributed by atoms with van der Waals surface area (Å²) in [5.41, 5.74) is 13.0. The largest absolute Gasteiger partial charge is 0.398 e. The van der Waals surface area contributed by atoms with Crippen LogP contribution in [0.15, 0.2) is 76.1 Å². The number of benzene rings is 2. The van der Waals surface area contributed by atoms with Crippen molar-refractivity contribution in [2.24, 2.45) is 10.7 Å².